The average Bonchev–Trinajstić information content (AvgIpc) is 3.20. The first-order valence-corrected chi connectivity index (χ1v) is 9.55. The molecule has 0 unspecified atom stereocenters. The van der Waals surface area contributed by atoms with Crippen LogP contribution in [0.4, 0.5) is 0 Å². The molecule has 0 radical (unpaired) electrons. The number of ether oxygens (including phenoxy) is 3. The fraction of sp³-hybridized carbons (Fsp3) is 0.409. The van der Waals surface area contributed by atoms with E-state index in [-0.39, 0.29) is 5.91 Å². The fourth-order valence-electron chi connectivity index (χ4n) is 3.88. The second-order valence-electron chi connectivity index (χ2n) is 7.16. The van der Waals surface area contributed by atoms with Gasteiger partial charge in [0, 0.05) is 13.1 Å². The maximum atomic E-state index is 12.8. The minimum absolute atomic E-state index is 0.0710. The summed E-state index contributed by atoms with van der Waals surface area (Å²) in [5, 5.41) is 0. The van der Waals surface area contributed by atoms with Gasteiger partial charge in [0.1, 0.15) is 5.75 Å². The monoisotopic (exact) mass is 367 g/mol. The molecule has 0 saturated carbocycles. The van der Waals surface area contributed by atoms with Gasteiger partial charge in [0.2, 0.25) is 6.79 Å². The molecule has 0 aromatic heterocycles. The lowest BCUT2D eigenvalue weighted by Crippen LogP contribution is -2.38. The van der Waals surface area contributed by atoms with E-state index in [2.05, 4.69) is 12.1 Å². The largest absolute Gasteiger partial charge is 0.496 e. The first kappa shape index (κ1) is 17.7. The van der Waals surface area contributed by atoms with E-state index in [0.29, 0.717) is 24.0 Å². The zero-order valence-electron chi connectivity index (χ0n) is 15.6. The van der Waals surface area contributed by atoms with Crippen LogP contribution in [0.25, 0.3) is 0 Å². The Kier molecular flexibility index (Phi) is 5.19. The number of piperidine rings is 1. The van der Waals surface area contributed by atoms with Gasteiger partial charge in [-0.1, -0.05) is 18.2 Å². The molecule has 2 aliphatic heterocycles. The van der Waals surface area contributed by atoms with E-state index >= 15 is 0 Å². The number of benzene rings is 2. The third-order valence-electron chi connectivity index (χ3n) is 5.52. The van der Waals surface area contributed by atoms with E-state index in [1.165, 1.54) is 5.56 Å². The SMILES string of the molecule is COc1ccccc1C(=O)N1CCC(CCc2ccc3c(c2)OCO3)CC1. The number of hydrogen-bond donors (Lipinski definition) is 0. The van der Waals surface area contributed by atoms with Gasteiger partial charge in [0.25, 0.3) is 5.91 Å². The first-order valence-electron chi connectivity index (χ1n) is 9.55. The Morgan fingerprint density at radius 3 is 2.70 bits per heavy atom. The predicted octanol–water partition coefficient (Wildman–Crippen LogP) is 3.91. The van der Waals surface area contributed by atoms with Gasteiger partial charge in [-0.25, -0.2) is 0 Å². The summed E-state index contributed by atoms with van der Waals surface area (Å²) in [7, 11) is 1.61. The molecule has 2 aromatic rings. The van der Waals surface area contributed by atoms with E-state index in [9.17, 15) is 4.79 Å². The van der Waals surface area contributed by atoms with Gasteiger partial charge in [-0.3, -0.25) is 4.79 Å². The van der Waals surface area contributed by atoms with Crippen molar-refractivity contribution >= 4 is 5.91 Å². The smallest absolute Gasteiger partial charge is 0.257 e. The molecule has 2 aromatic carbocycles. The van der Waals surface area contributed by atoms with Crippen LogP contribution in [0.1, 0.15) is 35.2 Å². The summed E-state index contributed by atoms with van der Waals surface area (Å²) in [5.74, 6) is 3.05. The topological polar surface area (TPSA) is 48.0 Å². The molecule has 142 valence electrons. The molecule has 0 N–H and O–H groups in total. The number of para-hydroxylation sites is 1. The van der Waals surface area contributed by atoms with Crippen molar-refractivity contribution in [2.24, 2.45) is 5.92 Å². The van der Waals surface area contributed by atoms with Crippen LogP contribution in [0.5, 0.6) is 17.2 Å². The maximum absolute atomic E-state index is 12.8. The number of nitrogens with zero attached hydrogens (tertiary/aromatic N) is 1. The van der Waals surface area contributed by atoms with E-state index in [4.69, 9.17) is 14.2 Å². The van der Waals surface area contributed by atoms with E-state index in [1.54, 1.807) is 7.11 Å². The van der Waals surface area contributed by atoms with Crippen LogP contribution in [0, 0.1) is 5.92 Å². The van der Waals surface area contributed by atoms with Crippen LogP contribution in [0.15, 0.2) is 42.5 Å². The van der Waals surface area contributed by atoms with Crippen LogP contribution in [0.2, 0.25) is 0 Å². The van der Waals surface area contributed by atoms with Gasteiger partial charge in [-0.15, -0.1) is 0 Å². The van der Waals surface area contributed by atoms with Crippen LogP contribution in [0.3, 0.4) is 0 Å². The second kappa shape index (κ2) is 7.91. The van der Waals surface area contributed by atoms with Crippen LogP contribution in [-0.4, -0.2) is 37.8 Å². The number of likely N-dealkylation sites (tertiary alicyclic amines) is 1. The molecule has 2 heterocycles. The lowest BCUT2D eigenvalue weighted by molar-refractivity contribution is 0.0683. The summed E-state index contributed by atoms with van der Waals surface area (Å²) in [5.41, 5.74) is 1.94. The van der Waals surface area contributed by atoms with Crippen LogP contribution in [-0.2, 0) is 6.42 Å². The molecule has 5 heteroatoms. The van der Waals surface area contributed by atoms with E-state index in [1.807, 2.05) is 35.2 Å². The van der Waals surface area contributed by atoms with Gasteiger partial charge >= 0.3 is 0 Å². The van der Waals surface area contributed by atoms with Gasteiger partial charge < -0.3 is 19.1 Å². The average molecular weight is 367 g/mol. The second-order valence-corrected chi connectivity index (χ2v) is 7.16. The van der Waals surface area contributed by atoms with Crippen molar-refractivity contribution in [2.45, 2.75) is 25.7 Å². The molecule has 4 rings (SSSR count). The molecule has 1 amide bonds. The number of rotatable bonds is 5. The third-order valence-corrected chi connectivity index (χ3v) is 5.52. The number of carbonyl (C=O) groups excluding carboxylic acids is 1. The molecular formula is C22H25NO4. The number of aryl methyl sites for hydroxylation is 1. The Bertz CT molecular complexity index is 812. The summed E-state index contributed by atoms with van der Waals surface area (Å²) < 4.78 is 16.2. The summed E-state index contributed by atoms with van der Waals surface area (Å²) >= 11 is 0. The molecule has 1 saturated heterocycles. The quantitative estimate of drug-likeness (QED) is 0.804. The number of amides is 1. The number of hydrogen-bond acceptors (Lipinski definition) is 4. The predicted molar refractivity (Wildman–Crippen MR) is 103 cm³/mol. The van der Waals surface area contributed by atoms with Gasteiger partial charge in [0.05, 0.1) is 12.7 Å². The minimum Gasteiger partial charge on any atom is -0.496 e. The van der Waals surface area contributed by atoms with Crippen molar-refractivity contribution in [3.63, 3.8) is 0 Å². The summed E-state index contributed by atoms with van der Waals surface area (Å²) in [6.07, 6.45) is 4.26. The minimum atomic E-state index is 0.0710. The molecule has 2 aliphatic rings. The van der Waals surface area contributed by atoms with Gasteiger partial charge in [-0.2, -0.15) is 0 Å². The van der Waals surface area contributed by atoms with Crippen molar-refractivity contribution < 1.29 is 19.0 Å². The Hall–Kier alpha value is -2.69. The molecule has 5 nitrogen and oxygen atoms in total. The zero-order valence-corrected chi connectivity index (χ0v) is 15.6. The van der Waals surface area contributed by atoms with Gasteiger partial charge in [0.15, 0.2) is 11.5 Å². The lowest BCUT2D eigenvalue weighted by Gasteiger charge is -2.32. The Morgan fingerprint density at radius 2 is 1.89 bits per heavy atom. The Balaban J connectivity index is 1.29. The molecule has 0 atom stereocenters. The summed E-state index contributed by atoms with van der Waals surface area (Å²) in [6.45, 7) is 1.93. The highest BCUT2D eigenvalue weighted by atomic mass is 16.7. The van der Waals surface area contributed by atoms with Crippen LogP contribution < -0.4 is 14.2 Å². The van der Waals surface area contributed by atoms with Crippen LogP contribution >= 0.6 is 0 Å². The standard InChI is InChI=1S/C22H25NO4/c1-25-19-5-3-2-4-18(19)22(24)23-12-10-16(11-13-23)6-7-17-8-9-20-21(14-17)27-15-26-20/h2-5,8-9,14,16H,6-7,10-13,15H2,1H3. The lowest BCUT2D eigenvalue weighted by atomic mass is 9.90. The summed E-state index contributed by atoms with van der Waals surface area (Å²) in [4.78, 5) is 14.7. The zero-order chi connectivity index (χ0) is 18.6. The molecule has 0 aliphatic carbocycles. The van der Waals surface area contributed by atoms with Crippen molar-refractivity contribution in [1.82, 2.24) is 4.90 Å². The van der Waals surface area contributed by atoms with Crippen molar-refractivity contribution in [2.75, 3.05) is 27.0 Å². The highest BCUT2D eigenvalue weighted by Gasteiger charge is 2.25. The Labute approximate surface area is 159 Å². The van der Waals surface area contributed by atoms with E-state index < -0.39 is 0 Å². The van der Waals surface area contributed by atoms with Crippen molar-refractivity contribution in [1.29, 1.82) is 0 Å². The highest BCUT2D eigenvalue weighted by molar-refractivity contribution is 5.97. The highest BCUT2D eigenvalue weighted by Crippen LogP contribution is 2.33. The maximum Gasteiger partial charge on any atom is 0.257 e. The molecular weight excluding hydrogens is 342 g/mol. The summed E-state index contributed by atoms with van der Waals surface area (Å²) in [6, 6.07) is 13.6. The number of carbonyl (C=O) groups is 1. The number of methoxy groups -OCH3 is 1. The fourth-order valence-corrected chi connectivity index (χ4v) is 3.88. The third kappa shape index (κ3) is 3.87. The van der Waals surface area contributed by atoms with Gasteiger partial charge in [-0.05, 0) is 61.4 Å². The van der Waals surface area contributed by atoms with Crippen molar-refractivity contribution in [3.05, 3.63) is 53.6 Å². The first-order chi connectivity index (χ1) is 13.2. The Morgan fingerprint density at radius 1 is 1.11 bits per heavy atom. The molecule has 27 heavy (non-hydrogen) atoms. The normalized spacial score (nSPS) is 16.4. The van der Waals surface area contributed by atoms with Crippen molar-refractivity contribution in [3.8, 4) is 17.2 Å². The number of fused-ring (bicyclic) bond motifs is 1. The molecule has 1 fully saturated rings. The molecule has 0 spiro atoms. The molecule has 0 bridgehead atoms. The van der Waals surface area contributed by atoms with E-state index in [0.717, 1.165) is 50.3 Å².